The lowest BCUT2D eigenvalue weighted by Crippen LogP contribution is -2.28. The summed E-state index contributed by atoms with van der Waals surface area (Å²) < 4.78 is 68.6. The highest BCUT2D eigenvalue weighted by Crippen LogP contribution is 2.29. The van der Waals surface area contributed by atoms with Crippen LogP contribution in [0.5, 0.6) is 5.75 Å². The second kappa shape index (κ2) is 6.10. The molecule has 2 heterocycles. The van der Waals surface area contributed by atoms with E-state index in [0.717, 1.165) is 12.5 Å². The molecular formula is C14H13F3N2O4S. The van der Waals surface area contributed by atoms with Crippen LogP contribution in [0.1, 0.15) is 6.42 Å². The normalized spacial score (nSPS) is 18.7. The van der Waals surface area contributed by atoms with Crippen molar-refractivity contribution in [2.45, 2.75) is 18.0 Å². The molecule has 130 valence electrons. The molecule has 0 saturated carbocycles. The average Bonchev–Trinajstić information content (AvgIpc) is 2.98. The van der Waals surface area contributed by atoms with Gasteiger partial charge in [0, 0.05) is 12.0 Å². The first-order valence-electron chi connectivity index (χ1n) is 6.99. The van der Waals surface area contributed by atoms with Gasteiger partial charge in [-0.15, -0.1) is 0 Å². The zero-order chi connectivity index (χ0) is 17.4. The number of benzene rings is 1. The molecule has 24 heavy (non-hydrogen) atoms. The molecule has 1 aliphatic rings. The molecule has 1 unspecified atom stereocenters. The average molecular weight is 362 g/mol. The molecule has 0 radical (unpaired) electrons. The number of hydrogen-bond donors (Lipinski definition) is 1. The molecule has 6 nitrogen and oxygen atoms in total. The Morgan fingerprint density at radius 3 is 2.75 bits per heavy atom. The van der Waals surface area contributed by atoms with Crippen molar-refractivity contribution in [3.8, 4) is 5.75 Å². The molecule has 3 rings (SSSR count). The summed E-state index contributed by atoms with van der Waals surface area (Å²) in [6, 6.07) is 5.50. The van der Waals surface area contributed by atoms with Crippen LogP contribution in [0.25, 0.3) is 10.9 Å². The van der Waals surface area contributed by atoms with Gasteiger partial charge in [0.25, 0.3) is 0 Å². The Hall–Kier alpha value is -2.07. The van der Waals surface area contributed by atoms with Crippen LogP contribution in [0.4, 0.5) is 18.9 Å². The predicted octanol–water partition coefficient (Wildman–Crippen LogP) is 2.66. The number of nitrogens with one attached hydrogen (secondary N) is 1. The van der Waals surface area contributed by atoms with E-state index in [-0.39, 0.29) is 6.04 Å². The standard InChI is InChI=1S/C14H13F3N2O4S/c15-14(16,17)24(20,21)23-12-1-2-13-9(6-12)5-11(7-18-13)19-10-3-4-22-8-10/h1-2,5-7,10,19H,3-4,8H2. The smallest absolute Gasteiger partial charge is 0.379 e. The minimum atomic E-state index is -5.70. The van der Waals surface area contributed by atoms with Crippen molar-refractivity contribution in [1.29, 1.82) is 0 Å². The monoisotopic (exact) mass is 362 g/mol. The van der Waals surface area contributed by atoms with Crippen LogP contribution in [0, 0.1) is 0 Å². The Morgan fingerprint density at radius 2 is 2.08 bits per heavy atom. The van der Waals surface area contributed by atoms with Crippen LogP contribution in [0.3, 0.4) is 0 Å². The van der Waals surface area contributed by atoms with E-state index in [1.807, 2.05) is 0 Å². The first-order chi connectivity index (χ1) is 11.2. The number of nitrogens with zero attached hydrogens (tertiary/aromatic N) is 1. The number of ether oxygens (including phenoxy) is 1. The maximum absolute atomic E-state index is 12.4. The van der Waals surface area contributed by atoms with Crippen molar-refractivity contribution in [2.24, 2.45) is 0 Å². The van der Waals surface area contributed by atoms with Gasteiger partial charge >= 0.3 is 15.6 Å². The van der Waals surface area contributed by atoms with E-state index in [1.165, 1.54) is 12.1 Å². The summed E-state index contributed by atoms with van der Waals surface area (Å²) in [4.78, 5) is 4.18. The first-order valence-corrected chi connectivity index (χ1v) is 8.40. The molecule has 0 spiro atoms. The molecule has 2 aromatic rings. The molecule has 1 N–H and O–H groups in total. The first kappa shape index (κ1) is 16.8. The van der Waals surface area contributed by atoms with Crippen molar-refractivity contribution in [2.75, 3.05) is 18.5 Å². The number of rotatable bonds is 4. The highest BCUT2D eigenvalue weighted by atomic mass is 32.2. The summed E-state index contributed by atoms with van der Waals surface area (Å²) in [5.41, 5.74) is -4.32. The van der Waals surface area contributed by atoms with Crippen LogP contribution >= 0.6 is 0 Å². The topological polar surface area (TPSA) is 77.5 Å². The third-order valence-electron chi connectivity index (χ3n) is 3.44. The second-order valence-corrected chi connectivity index (χ2v) is 6.80. The number of anilines is 1. The maximum Gasteiger partial charge on any atom is 0.534 e. The van der Waals surface area contributed by atoms with E-state index in [4.69, 9.17) is 4.74 Å². The van der Waals surface area contributed by atoms with Crippen molar-refractivity contribution >= 4 is 26.7 Å². The predicted molar refractivity (Wildman–Crippen MR) is 80.2 cm³/mol. The van der Waals surface area contributed by atoms with Gasteiger partial charge in [-0.25, -0.2) is 0 Å². The summed E-state index contributed by atoms with van der Waals surface area (Å²) in [6.07, 6.45) is 2.43. The third-order valence-corrected chi connectivity index (χ3v) is 4.42. The van der Waals surface area contributed by atoms with Gasteiger partial charge in [-0.05, 0) is 30.7 Å². The van der Waals surface area contributed by atoms with E-state index in [2.05, 4.69) is 14.5 Å². The van der Waals surface area contributed by atoms with E-state index in [0.29, 0.717) is 29.8 Å². The Balaban J connectivity index is 1.86. The maximum atomic E-state index is 12.4. The fourth-order valence-electron chi connectivity index (χ4n) is 2.30. The van der Waals surface area contributed by atoms with Gasteiger partial charge < -0.3 is 14.2 Å². The second-order valence-electron chi connectivity index (χ2n) is 5.27. The molecule has 1 aromatic carbocycles. The molecule has 0 amide bonds. The van der Waals surface area contributed by atoms with Gasteiger partial charge in [-0.1, -0.05) is 0 Å². The van der Waals surface area contributed by atoms with Crippen molar-refractivity contribution in [3.05, 3.63) is 30.5 Å². The van der Waals surface area contributed by atoms with Gasteiger partial charge in [0.1, 0.15) is 5.75 Å². The zero-order valence-corrected chi connectivity index (χ0v) is 13.0. The molecule has 10 heteroatoms. The van der Waals surface area contributed by atoms with Crippen LogP contribution in [0.15, 0.2) is 30.5 Å². The van der Waals surface area contributed by atoms with Gasteiger partial charge in [0.05, 0.1) is 30.0 Å². The number of halogens is 3. The van der Waals surface area contributed by atoms with Gasteiger partial charge in [0.15, 0.2) is 0 Å². The van der Waals surface area contributed by atoms with Crippen LogP contribution in [-0.2, 0) is 14.9 Å². The highest BCUT2D eigenvalue weighted by Gasteiger charge is 2.48. The number of fused-ring (bicyclic) bond motifs is 1. The lowest BCUT2D eigenvalue weighted by molar-refractivity contribution is -0.0500. The third kappa shape index (κ3) is 3.54. The van der Waals surface area contributed by atoms with Crippen LogP contribution in [0.2, 0.25) is 0 Å². The Kier molecular flexibility index (Phi) is 4.26. The molecule has 0 bridgehead atoms. The number of hydrogen-bond acceptors (Lipinski definition) is 6. The Morgan fingerprint density at radius 1 is 1.29 bits per heavy atom. The van der Waals surface area contributed by atoms with Crippen LogP contribution in [-0.4, -0.2) is 38.2 Å². The summed E-state index contributed by atoms with van der Waals surface area (Å²) in [6.45, 7) is 1.22. The van der Waals surface area contributed by atoms with Crippen molar-refractivity contribution in [1.82, 2.24) is 4.98 Å². The van der Waals surface area contributed by atoms with E-state index in [9.17, 15) is 21.6 Å². The molecule has 1 fully saturated rings. The summed E-state index contributed by atoms with van der Waals surface area (Å²) in [5, 5.41) is 3.65. The SMILES string of the molecule is O=S(=O)(Oc1ccc2ncc(NC3CCOC3)cc2c1)C(F)(F)F. The van der Waals surface area contributed by atoms with Gasteiger partial charge in [-0.3, -0.25) is 4.98 Å². The Bertz CT molecular complexity index is 849. The summed E-state index contributed by atoms with van der Waals surface area (Å²) in [7, 11) is -5.70. The van der Waals surface area contributed by atoms with Crippen molar-refractivity contribution < 1.29 is 30.5 Å². The molecule has 1 saturated heterocycles. The lowest BCUT2D eigenvalue weighted by atomic mass is 10.2. The fraction of sp³-hybridized carbons (Fsp3) is 0.357. The molecule has 1 atom stereocenters. The van der Waals surface area contributed by atoms with E-state index in [1.54, 1.807) is 12.3 Å². The van der Waals surface area contributed by atoms with E-state index < -0.39 is 21.4 Å². The van der Waals surface area contributed by atoms with E-state index >= 15 is 0 Å². The number of alkyl halides is 3. The fourth-order valence-corrected chi connectivity index (χ4v) is 2.75. The molecule has 1 aromatic heterocycles. The molecule has 1 aliphatic heterocycles. The summed E-state index contributed by atoms with van der Waals surface area (Å²) >= 11 is 0. The zero-order valence-electron chi connectivity index (χ0n) is 12.2. The van der Waals surface area contributed by atoms with Crippen molar-refractivity contribution in [3.63, 3.8) is 0 Å². The quantitative estimate of drug-likeness (QED) is 0.666. The molecular weight excluding hydrogens is 349 g/mol. The number of aromatic nitrogens is 1. The number of pyridine rings is 1. The minimum Gasteiger partial charge on any atom is -0.379 e. The van der Waals surface area contributed by atoms with Crippen LogP contribution < -0.4 is 9.50 Å². The van der Waals surface area contributed by atoms with Gasteiger partial charge in [-0.2, -0.15) is 21.6 Å². The largest absolute Gasteiger partial charge is 0.534 e. The molecule has 0 aliphatic carbocycles. The summed E-state index contributed by atoms with van der Waals surface area (Å²) in [5.74, 6) is -0.428. The lowest BCUT2D eigenvalue weighted by Gasteiger charge is -2.13. The highest BCUT2D eigenvalue weighted by molar-refractivity contribution is 7.88. The Labute approximate surface area is 135 Å². The van der Waals surface area contributed by atoms with Gasteiger partial charge in [0.2, 0.25) is 0 Å². The minimum absolute atomic E-state index is 0.134.